The lowest BCUT2D eigenvalue weighted by atomic mass is 10.3. The Morgan fingerprint density at radius 1 is 1.44 bits per heavy atom. The third-order valence-electron chi connectivity index (χ3n) is 2.14. The molecule has 0 aliphatic heterocycles. The first-order chi connectivity index (χ1) is 7.76. The summed E-state index contributed by atoms with van der Waals surface area (Å²) in [6, 6.07) is 5.86. The van der Waals surface area contributed by atoms with Crippen LogP contribution in [0.3, 0.4) is 0 Å². The van der Waals surface area contributed by atoms with E-state index in [-0.39, 0.29) is 6.10 Å². The van der Waals surface area contributed by atoms with Gasteiger partial charge in [-0.3, -0.25) is 0 Å². The van der Waals surface area contributed by atoms with Gasteiger partial charge in [0.05, 0.1) is 18.4 Å². The first kappa shape index (κ1) is 13.6. The van der Waals surface area contributed by atoms with E-state index in [1.807, 2.05) is 18.2 Å². The van der Waals surface area contributed by atoms with Crippen molar-refractivity contribution in [3.63, 3.8) is 0 Å². The average molecular weight is 289 g/mol. The van der Waals surface area contributed by atoms with Crippen LogP contribution in [0.5, 0.6) is 0 Å². The SMILES string of the molecule is COCC(CNCc1cccc(Br)n1)OC. The van der Waals surface area contributed by atoms with E-state index in [2.05, 4.69) is 26.2 Å². The molecule has 0 amide bonds. The fourth-order valence-corrected chi connectivity index (χ4v) is 1.69. The number of nitrogens with zero attached hydrogens (tertiary/aromatic N) is 1. The lowest BCUT2D eigenvalue weighted by Gasteiger charge is -2.14. The van der Waals surface area contributed by atoms with Crippen LogP contribution in [0, 0.1) is 0 Å². The lowest BCUT2D eigenvalue weighted by Crippen LogP contribution is -2.31. The number of hydrogen-bond acceptors (Lipinski definition) is 4. The first-order valence-electron chi connectivity index (χ1n) is 5.10. The van der Waals surface area contributed by atoms with Crippen LogP contribution in [0.25, 0.3) is 0 Å². The molecule has 0 aromatic carbocycles. The summed E-state index contributed by atoms with van der Waals surface area (Å²) in [6.07, 6.45) is 0.0807. The lowest BCUT2D eigenvalue weighted by molar-refractivity contribution is 0.0287. The third-order valence-corrected chi connectivity index (χ3v) is 2.58. The summed E-state index contributed by atoms with van der Waals surface area (Å²) in [5.41, 5.74) is 1.00. The Labute approximate surface area is 104 Å². The van der Waals surface area contributed by atoms with Crippen molar-refractivity contribution in [2.24, 2.45) is 0 Å². The van der Waals surface area contributed by atoms with E-state index in [1.165, 1.54) is 0 Å². The van der Waals surface area contributed by atoms with E-state index >= 15 is 0 Å². The van der Waals surface area contributed by atoms with E-state index < -0.39 is 0 Å². The Morgan fingerprint density at radius 3 is 2.88 bits per heavy atom. The highest BCUT2D eigenvalue weighted by Crippen LogP contribution is 2.05. The van der Waals surface area contributed by atoms with Crippen molar-refractivity contribution in [3.8, 4) is 0 Å². The zero-order chi connectivity index (χ0) is 11.8. The van der Waals surface area contributed by atoms with Crippen molar-refractivity contribution in [1.82, 2.24) is 10.3 Å². The molecule has 1 rings (SSSR count). The van der Waals surface area contributed by atoms with Gasteiger partial charge in [-0.15, -0.1) is 0 Å². The second-order valence-electron chi connectivity index (χ2n) is 3.40. The van der Waals surface area contributed by atoms with E-state index in [0.717, 1.165) is 23.4 Å². The van der Waals surface area contributed by atoms with Gasteiger partial charge in [-0.1, -0.05) is 6.07 Å². The van der Waals surface area contributed by atoms with Crippen molar-refractivity contribution in [1.29, 1.82) is 0 Å². The van der Waals surface area contributed by atoms with Gasteiger partial charge in [-0.2, -0.15) is 0 Å². The standard InChI is InChI=1S/C11H17BrN2O2/c1-15-8-10(16-2)7-13-6-9-4-3-5-11(12)14-9/h3-5,10,13H,6-8H2,1-2H3. The molecule has 90 valence electrons. The summed E-state index contributed by atoms with van der Waals surface area (Å²) in [6.45, 7) is 2.07. The number of halogens is 1. The van der Waals surface area contributed by atoms with Gasteiger partial charge >= 0.3 is 0 Å². The molecule has 0 fully saturated rings. The maximum Gasteiger partial charge on any atom is 0.106 e. The van der Waals surface area contributed by atoms with Crippen LogP contribution in [0.15, 0.2) is 22.8 Å². The molecule has 1 aromatic rings. The molecule has 0 aliphatic rings. The smallest absolute Gasteiger partial charge is 0.106 e. The number of methoxy groups -OCH3 is 2. The van der Waals surface area contributed by atoms with Gasteiger partial charge < -0.3 is 14.8 Å². The van der Waals surface area contributed by atoms with Gasteiger partial charge in [0.1, 0.15) is 4.60 Å². The van der Waals surface area contributed by atoms with Crippen LogP contribution in [0.2, 0.25) is 0 Å². The normalized spacial score (nSPS) is 12.7. The van der Waals surface area contributed by atoms with Crippen LogP contribution in [0.4, 0.5) is 0 Å². The average Bonchev–Trinajstić information content (AvgIpc) is 2.28. The molecule has 0 aliphatic carbocycles. The highest BCUT2D eigenvalue weighted by molar-refractivity contribution is 9.10. The van der Waals surface area contributed by atoms with Gasteiger partial charge in [0.25, 0.3) is 0 Å². The van der Waals surface area contributed by atoms with Gasteiger partial charge in [-0.25, -0.2) is 4.98 Å². The first-order valence-corrected chi connectivity index (χ1v) is 5.89. The van der Waals surface area contributed by atoms with E-state index in [1.54, 1.807) is 14.2 Å². The van der Waals surface area contributed by atoms with Gasteiger partial charge in [0, 0.05) is 27.3 Å². The molecule has 0 saturated heterocycles. The van der Waals surface area contributed by atoms with Crippen LogP contribution < -0.4 is 5.32 Å². The largest absolute Gasteiger partial charge is 0.382 e. The zero-order valence-corrected chi connectivity index (χ0v) is 11.2. The Kier molecular flexibility index (Phi) is 6.56. The predicted octanol–water partition coefficient (Wildman–Crippen LogP) is 1.60. The predicted molar refractivity (Wildman–Crippen MR) is 66.3 cm³/mol. The second kappa shape index (κ2) is 7.73. The molecule has 0 spiro atoms. The molecule has 4 nitrogen and oxygen atoms in total. The molecular formula is C11H17BrN2O2. The highest BCUT2D eigenvalue weighted by atomic mass is 79.9. The Hall–Kier alpha value is -0.490. The molecule has 0 radical (unpaired) electrons. The molecular weight excluding hydrogens is 272 g/mol. The summed E-state index contributed by atoms with van der Waals surface area (Å²) in [5.74, 6) is 0. The van der Waals surface area contributed by atoms with Crippen LogP contribution in [-0.4, -0.2) is 38.5 Å². The second-order valence-corrected chi connectivity index (χ2v) is 4.21. The molecule has 1 N–H and O–H groups in total. The minimum absolute atomic E-state index is 0.0807. The number of hydrogen-bond donors (Lipinski definition) is 1. The number of nitrogens with one attached hydrogen (secondary N) is 1. The van der Waals surface area contributed by atoms with Crippen molar-refractivity contribution in [2.75, 3.05) is 27.4 Å². The summed E-state index contributed by atoms with van der Waals surface area (Å²) >= 11 is 3.34. The molecule has 0 bridgehead atoms. The Balaban J connectivity index is 2.29. The van der Waals surface area contributed by atoms with E-state index in [9.17, 15) is 0 Å². The molecule has 1 heterocycles. The summed E-state index contributed by atoms with van der Waals surface area (Å²) < 4.78 is 11.1. The van der Waals surface area contributed by atoms with Crippen LogP contribution in [0.1, 0.15) is 5.69 Å². The Bertz CT molecular complexity index is 310. The quantitative estimate of drug-likeness (QED) is 0.774. The topological polar surface area (TPSA) is 43.4 Å². The summed E-state index contributed by atoms with van der Waals surface area (Å²) in [7, 11) is 3.35. The van der Waals surface area contributed by atoms with E-state index in [4.69, 9.17) is 9.47 Å². The fourth-order valence-electron chi connectivity index (χ4n) is 1.31. The minimum Gasteiger partial charge on any atom is -0.382 e. The zero-order valence-electron chi connectivity index (χ0n) is 9.57. The maximum absolute atomic E-state index is 5.24. The van der Waals surface area contributed by atoms with Crippen molar-refractivity contribution in [3.05, 3.63) is 28.5 Å². The summed E-state index contributed by atoms with van der Waals surface area (Å²) in [4.78, 5) is 4.32. The van der Waals surface area contributed by atoms with Crippen LogP contribution >= 0.6 is 15.9 Å². The van der Waals surface area contributed by atoms with Crippen molar-refractivity contribution < 1.29 is 9.47 Å². The maximum atomic E-state index is 5.24. The van der Waals surface area contributed by atoms with Gasteiger partial charge in [-0.05, 0) is 28.1 Å². The molecule has 0 saturated carbocycles. The molecule has 16 heavy (non-hydrogen) atoms. The number of pyridine rings is 1. The number of aromatic nitrogens is 1. The van der Waals surface area contributed by atoms with Crippen molar-refractivity contribution in [2.45, 2.75) is 12.6 Å². The fraction of sp³-hybridized carbons (Fsp3) is 0.545. The van der Waals surface area contributed by atoms with Crippen molar-refractivity contribution >= 4 is 15.9 Å². The number of ether oxygens (including phenoxy) is 2. The Morgan fingerprint density at radius 2 is 2.25 bits per heavy atom. The minimum atomic E-state index is 0.0807. The van der Waals surface area contributed by atoms with Gasteiger partial charge in [0.2, 0.25) is 0 Å². The molecule has 1 aromatic heterocycles. The highest BCUT2D eigenvalue weighted by Gasteiger charge is 2.05. The summed E-state index contributed by atoms with van der Waals surface area (Å²) in [5, 5.41) is 3.28. The van der Waals surface area contributed by atoms with Crippen LogP contribution in [-0.2, 0) is 16.0 Å². The molecule has 1 atom stereocenters. The van der Waals surface area contributed by atoms with Gasteiger partial charge in [0.15, 0.2) is 0 Å². The molecule has 1 unspecified atom stereocenters. The number of rotatable bonds is 7. The molecule has 5 heteroatoms. The van der Waals surface area contributed by atoms with E-state index in [0.29, 0.717) is 6.61 Å². The monoisotopic (exact) mass is 288 g/mol. The third kappa shape index (κ3) is 5.03.